The van der Waals surface area contributed by atoms with Crippen LogP contribution in [0, 0.1) is 10.1 Å². The van der Waals surface area contributed by atoms with Crippen molar-refractivity contribution < 1.29 is 24.4 Å². The zero-order valence-corrected chi connectivity index (χ0v) is 8.04. The van der Waals surface area contributed by atoms with E-state index in [4.69, 9.17) is 5.11 Å². The van der Waals surface area contributed by atoms with Crippen LogP contribution < -0.4 is 0 Å². The van der Waals surface area contributed by atoms with Crippen molar-refractivity contribution in [3.63, 3.8) is 0 Å². The average molecular weight is 226 g/mol. The maximum absolute atomic E-state index is 11.1. The number of nitrogens with zero attached hydrogens (tertiary/aromatic N) is 2. The number of hydrogen-bond donors (Lipinski definition) is 1. The molecular formula is C8H6N2O6. The van der Waals surface area contributed by atoms with E-state index >= 15 is 0 Å². The number of ether oxygens (including phenoxy) is 1. The van der Waals surface area contributed by atoms with Gasteiger partial charge in [-0.2, -0.15) is 0 Å². The fraction of sp³-hybridized carbons (Fsp3) is 0.125. The molecule has 0 atom stereocenters. The van der Waals surface area contributed by atoms with Crippen molar-refractivity contribution in [2.75, 3.05) is 7.11 Å². The van der Waals surface area contributed by atoms with Gasteiger partial charge in [-0.25, -0.2) is 9.59 Å². The molecule has 1 aromatic heterocycles. The highest BCUT2D eigenvalue weighted by atomic mass is 16.6. The highest BCUT2D eigenvalue weighted by Crippen LogP contribution is 2.13. The number of aromatic carboxylic acids is 1. The van der Waals surface area contributed by atoms with Gasteiger partial charge in [-0.3, -0.25) is 0 Å². The maximum Gasteiger partial charge on any atom is 0.380 e. The second kappa shape index (κ2) is 4.34. The van der Waals surface area contributed by atoms with Crippen LogP contribution in [-0.2, 0) is 4.74 Å². The SMILES string of the molecule is COC(=O)c1cc(C(=O)O)nc([N+](=O)[O-])c1. The standard InChI is InChI=1S/C8H6N2O6/c1-16-8(13)4-2-5(7(11)12)9-6(3-4)10(14)15/h2-3H,1H3,(H,11,12). The molecule has 0 saturated carbocycles. The molecule has 16 heavy (non-hydrogen) atoms. The molecule has 1 heterocycles. The van der Waals surface area contributed by atoms with E-state index in [2.05, 4.69) is 9.72 Å². The Balaban J connectivity index is 3.35. The molecule has 0 radical (unpaired) electrons. The topological polar surface area (TPSA) is 120 Å². The van der Waals surface area contributed by atoms with Crippen LogP contribution in [0.4, 0.5) is 5.82 Å². The Bertz CT molecular complexity index is 437. The molecule has 0 aliphatic carbocycles. The Labute approximate surface area is 88.6 Å². The van der Waals surface area contributed by atoms with E-state index < -0.39 is 28.4 Å². The Morgan fingerprint density at radius 3 is 2.56 bits per heavy atom. The van der Waals surface area contributed by atoms with Crippen molar-refractivity contribution in [2.24, 2.45) is 0 Å². The van der Waals surface area contributed by atoms with E-state index in [0.29, 0.717) is 0 Å². The molecule has 0 fully saturated rings. The maximum atomic E-state index is 11.1. The van der Waals surface area contributed by atoms with Crippen molar-refractivity contribution in [3.05, 3.63) is 33.5 Å². The Kier molecular flexibility index (Phi) is 3.14. The smallest absolute Gasteiger partial charge is 0.380 e. The molecule has 8 nitrogen and oxygen atoms in total. The molecule has 1 aromatic rings. The number of carbonyl (C=O) groups is 2. The lowest BCUT2D eigenvalue weighted by Crippen LogP contribution is -2.08. The lowest BCUT2D eigenvalue weighted by molar-refractivity contribution is -0.389. The monoisotopic (exact) mass is 226 g/mol. The second-order valence-electron chi connectivity index (χ2n) is 2.65. The molecule has 0 spiro atoms. The number of hydrogen-bond acceptors (Lipinski definition) is 6. The lowest BCUT2D eigenvalue weighted by atomic mass is 10.2. The van der Waals surface area contributed by atoms with Crippen LogP contribution in [0.1, 0.15) is 20.8 Å². The van der Waals surface area contributed by atoms with Crippen molar-refractivity contribution in [1.82, 2.24) is 4.98 Å². The zero-order chi connectivity index (χ0) is 12.3. The molecule has 0 aromatic carbocycles. The Morgan fingerprint density at radius 1 is 1.50 bits per heavy atom. The number of carboxylic acids is 1. The molecule has 0 unspecified atom stereocenters. The molecule has 1 N–H and O–H groups in total. The Hall–Kier alpha value is -2.51. The van der Waals surface area contributed by atoms with Crippen LogP contribution in [0.3, 0.4) is 0 Å². The number of nitro groups is 1. The largest absolute Gasteiger partial charge is 0.475 e. The summed E-state index contributed by atoms with van der Waals surface area (Å²) in [5.74, 6) is -3.05. The number of aromatic nitrogens is 1. The van der Waals surface area contributed by atoms with Crippen LogP contribution >= 0.6 is 0 Å². The van der Waals surface area contributed by atoms with Gasteiger partial charge >= 0.3 is 17.8 Å². The van der Waals surface area contributed by atoms with E-state index in [1.165, 1.54) is 0 Å². The predicted molar refractivity (Wildman–Crippen MR) is 49.2 cm³/mol. The fourth-order valence-corrected chi connectivity index (χ4v) is 0.955. The van der Waals surface area contributed by atoms with Gasteiger partial charge in [0.15, 0.2) is 0 Å². The number of pyridine rings is 1. The van der Waals surface area contributed by atoms with E-state index in [1.54, 1.807) is 0 Å². The third-order valence-corrected chi connectivity index (χ3v) is 1.64. The predicted octanol–water partition coefficient (Wildman–Crippen LogP) is 0.475. The van der Waals surface area contributed by atoms with Crippen molar-refractivity contribution >= 4 is 17.8 Å². The Morgan fingerprint density at radius 2 is 2.12 bits per heavy atom. The first-order valence-electron chi connectivity index (χ1n) is 3.93. The van der Waals surface area contributed by atoms with Crippen molar-refractivity contribution in [3.8, 4) is 0 Å². The molecule has 0 amide bonds. The quantitative estimate of drug-likeness (QED) is 0.451. The lowest BCUT2D eigenvalue weighted by Gasteiger charge is -1.99. The minimum absolute atomic E-state index is 0.235. The summed E-state index contributed by atoms with van der Waals surface area (Å²) in [5.41, 5.74) is -0.823. The molecule has 0 aliphatic heterocycles. The van der Waals surface area contributed by atoms with E-state index in [1.807, 2.05) is 0 Å². The van der Waals surface area contributed by atoms with Crippen molar-refractivity contribution in [1.29, 1.82) is 0 Å². The normalized spacial score (nSPS) is 9.56. The average Bonchev–Trinajstić information content (AvgIpc) is 2.27. The number of rotatable bonds is 3. The molecule has 0 aliphatic rings. The summed E-state index contributed by atoms with van der Waals surface area (Å²) < 4.78 is 4.32. The summed E-state index contributed by atoms with van der Waals surface area (Å²) in [6.07, 6.45) is 0. The molecule has 8 heteroatoms. The summed E-state index contributed by atoms with van der Waals surface area (Å²) in [6, 6.07) is 1.75. The van der Waals surface area contributed by atoms with Crippen LogP contribution in [-0.4, -0.2) is 34.1 Å². The number of esters is 1. The highest BCUT2D eigenvalue weighted by Gasteiger charge is 2.21. The van der Waals surface area contributed by atoms with Crippen LogP contribution in [0.5, 0.6) is 0 Å². The van der Waals surface area contributed by atoms with Gasteiger partial charge < -0.3 is 20.0 Å². The molecular weight excluding hydrogens is 220 g/mol. The van der Waals surface area contributed by atoms with Crippen LogP contribution in [0.2, 0.25) is 0 Å². The van der Waals surface area contributed by atoms with Gasteiger partial charge in [0.1, 0.15) is 0 Å². The third-order valence-electron chi connectivity index (χ3n) is 1.64. The number of methoxy groups -OCH3 is 1. The van der Waals surface area contributed by atoms with E-state index in [-0.39, 0.29) is 5.56 Å². The molecule has 0 saturated heterocycles. The van der Waals surface area contributed by atoms with Gasteiger partial charge in [-0.1, -0.05) is 0 Å². The summed E-state index contributed by atoms with van der Waals surface area (Å²) in [5, 5.41) is 19.1. The van der Waals surface area contributed by atoms with E-state index in [0.717, 1.165) is 19.2 Å². The highest BCUT2D eigenvalue weighted by molar-refractivity contribution is 5.94. The first kappa shape index (κ1) is 11.6. The minimum atomic E-state index is -1.46. The van der Waals surface area contributed by atoms with Gasteiger partial charge in [0.2, 0.25) is 0 Å². The summed E-state index contributed by atoms with van der Waals surface area (Å²) in [4.78, 5) is 34.5. The number of carboxylic acid groups (broad SMARTS) is 1. The van der Waals surface area contributed by atoms with Gasteiger partial charge in [-0.15, -0.1) is 0 Å². The minimum Gasteiger partial charge on any atom is -0.475 e. The molecule has 1 rings (SSSR count). The van der Waals surface area contributed by atoms with Gasteiger partial charge in [-0.05, 0) is 9.91 Å². The fourth-order valence-electron chi connectivity index (χ4n) is 0.955. The van der Waals surface area contributed by atoms with Gasteiger partial charge in [0.05, 0.1) is 18.7 Å². The molecule has 84 valence electrons. The van der Waals surface area contributed by atoms with Gasteiger partial charge in [0, 0.05) is 6.07 Å². The second-order valence-corrected chi connectivity index (χ2v) is 2.65. The first-order chi connectivity index (χ1) is 7.45. The summed E-state index contributed by atoms with van der Waals surface area (Å²) in [7, 11) is 1.08. The number of carbonyl (C=O) groups excluding carboxylic acids is 1. The zero-order valence-electron chi connectivity index (χ0n) is 8.04. The first-order valence-corrected chi connectivity index (χ1v) is 3.93. The van der Waals surface area contributed by atoms with E-state index in [9.17, 15) is 19.7 Å². The molecule has 0 bridgehead atoms. The van der Waals surface area contributed by atoms with Crippen LogP contribution in [0.15, 0.2) is 12.1 Å². The third kappa shape index (κ3) is 2.29. The van der Waals surface area contributed by atoms with Gasteiger partial charge in [0.25, 0.3) is 5.69 Å². The van der Waals surface area contributed by atoms with Crippen LogP contribution in [0.25, 0.3) is 0 Å². The summed E-state index contributed by atoms with van der Waals surface area (Å²) >= 11 is 0. The van der Waals surface area contributed by atoms with Crippen molar-refractivity contribution in [2.45, 2.75) is 0 Å². The summed E-state index contributed by atoms with van der Waals surface area (Å²) in [6.45, 7) is 0.